The van der Waals surface area contributed by atoms with Crippen LogP contribution in [0.4, 0.5) is 0 Å². The molecule has 0 aromatic rings. The van der Waals surface area contributed by atoms with E-state index in [1.165, 1.54) is 0 Å². The van der Waals surface area contributed by atoms with Gasteiger partial charge in [0.1, 0.15) is 0 Å². The van der Waals surface area contributed by atoms with Crippen LogP contribution in [-0.4, -0.2) is 28.1 Å². The molecule has 0 saturated heterocycles. The van der Waals surface area contributed by atoms with Gasteiger partial charge < -0.3 is 14.9 Å². The number of hydrogen-bond acceptors (Lipinski definition) is 5. The lowest BCUT2D eigenvalue weighted by Gasteiger charge is -2.01. The summed E-state index contributed by atoms with van der Waals surface area (Å²) in [6.07, 6.45) is 0. The Balaban J connectivity index is 3.62. The lowest BCUT2D eigenvalue weighted by atomic mass is 10.8. The van der Waals surface area contributed by atoms with E-state index in [2.05, 4.69) is 8.83 Å². The zero-order valence-electron chi connectivity index (χ0n) is 5.28. The lowest BCUT2D eigenvalue weighted by molar-refractivity contribution is 0.186. The van der Waals surface area contributed by atoms with E-state index in [0.29, 0.717) is 0 Å². The van der Waals surface area contributed by atoms with Gasteiger partial charge in [0, 0.05) is 0 Å². The predicted octanol–water partition coefficient (Wildman–Crippen LogP) is -0.238. The average Bonchev–Trinajstić information content (AvgIpc) is 1.79. The molecule has 0 heterocycles. The second-order valence-electron chi connectivity index (χ2n) is 1.35. The van der Waals surface area contributed by atoms with E-state index in [0.717, 1.165) is 0 Å². The third-order valence-electron chi connectivity index (χ3n) is 0.461. The van der Waals surface area contributed by atoms with E-state index >= 15 is 0 Å². The van der Waals surface area contributed by atoms with Gasteiger partial charge >= 0.3 is 16.1 Å². The third kappa shape index (κ3) is 8.03. The van der Waals surface area contributed by atoms with Crippen molar-refractivity contribution >= 4 is 16.1 Å². The van der Waals surface area contributed by atoms with Gasteiger partial charge in [0.15, 0.2) is 0 Å². The van der Waals surface area contributed by atoms with Gasteiger partial charge in [-0.3, -0.25) is 4.52 Å². The minimum absolute atomic E-state index is 0.296. The molecule has 0 rings (SSSR count). The number of aliphatic hydroxyl groups excluding tert-OH is 1. The van der Waals surface area contributed by atoms with Gasteiger partial charge in [0.25, 0.3) is 0 Å². The molecular weight excluding hydrogens is 198 g/mol. The normalized spacial score (nSPS) is 13.2. The van der Waals surface area contributed by atoms with Crippen molar-refractivity contribution in [1.29, 1.82) is 0 Å². The highest BCUT2D eigenvalue weighted by molar-refractivity contribution is 7.55. The molecule has 0 aliphatic rings. The van der Waals surface area contributed by atoms with E-state index < -0.39 is 22.7 Å². The Hall–Kier alpha value is 0.130. The Morgan fingerprint density at radius 3 is 2.36 bits per heavy atom. The van der Waals surface area contributed by atoms with Crippen LogP contribution in [0.5, 0.6) is 0 Å². The fourth-order valence-corrected chi connectivity index (χ4v) is 1.34. The first-order valence-electron chi connectivity index (χ1n) is 2.42. The molecule has 0 amide bonds. The van der Waals surface area contributed by atoms with Gasteiger partial charge in [-0.25, -0.2) is 9.13 Å². The highest BCUT2D eigenvalue weighted by Crippen LogP contribution is 2.47. The summed E-state index contributed by atoms with van der Waals surface area (Å²) in [5, 5.41) is 8.11. The lowest BCUT2D eigenvalue weighted by Crippen LogP contribution is -1.92. The zero-order valence-corrected chi connectivity index (χ0v) is 7.07. The van der Waals surface area contributed by atoms with E-state index in [9.17, 15) is 9.13 Å². The van der Waals surface area contributed by atoms with Crippen molar-refractivity contribution in [3.05, 3.63) is 0 Å². The molecule has 11 heavy (non-hydrogen) atoms. The highest BCUT2D eigenvalue weighted by atomic mass is 31.2. The Morgan fingerprint density at radius 1 is 1.45 bits per heavy atom. The second kappa shape index (κ2) is 4.90. The molecule has 0 bridgehead atoms. The summed E-state index contributed by atoms with van der Waals surface area (Å²) in [5.74, 6) is 0. The van der Waals surface area contributed by atoms with Crippen LogP contribution in [-0.2, 0) is 18.0 Å². The van der Waals surface area contributed by atoms with Crippen LogP contribution in [0.25, 0.3) is 0 Å². The van der Waals surface area contributed by atoms with Crippen LogP contribution in [0.3, 0.4) is 0 Å². The quantitative estimate of drug-likeness (QED) is 0.530. The maximum Gasteiger partial charge on any atom is 0.481 e. The molecule has 9 heteroatoms. The first-order valence-corrected chi connectivity index (χ1v) is 5.04. The van der Waals surface area contributed by atoms with Crippen molar-refractivity contribution in [2.45, 2.75) is 0 Å². The molecule has 1 atom stereocenters. The Bertz CT molecular complexity index is 171. The Morgan fingerprint density at radius 2 is 2.00 bits per heavy atom. The van der Waals surface area contributed by atoms with Crippen LogP contribution in [0.15, 0.2) is 0 Å². The van der Waals surface area contributed by atoms with E-state index in [-0.39, 0.29) is 6.61 Å². The summed E-state index contributed by atoms with van der Waals surface area (Å²) < 4.78 is 28.0. The molecule has 1 unspecified atom stereocenters. The van der Waals surface area contributed by atoms with Gasteiger partial charge in [0.2, 0.25) is 0 Å². The molecule has 7 nitrogen and oxygen atoms in total. The maximum atomic E-state index is 10.3. The molecule has 0 aromatic carbocycles. The highest BCUT2D eigenvalue weighted by Gasteiger charge is 2.20. The van der Waals surface area contributed by atoms with Gasteiger partial charge in [-0.15, -0.1) is 0 Å². The summed E-state index contributed by atoms with van der Waals surface area (Å²) in [7, 11) is -7.60. The fourth-order valence-electron chi connectivity index (χ4n) is 0.226. The number of aliphatic hydroxyl groups is 1. The summed E-state index contributed by atoms with van der Waals surface area (Å²) in [5.41, 5.74) is 0. The van der Waals surface area contributed by atoms with E-state index in [4.69, 9.17) is 14.9 Å². The van der Waals surface area contributed by atoms with Gasteiger partial charge in [-0.05, 0) is 0 Å². The number of hydrogen-bond donors (Lipinski definition) is 3. The molecular formula is C2H7O7P2. The molecule has 0 fully saturated rings. The monoisotopic (exact) mass is 205 g/mol. The van der Waals surface area contributed by atoms with Crippen LogP contribution >= 0.6 is 16.1 Å². The molecule has 3 N–H and O–H groups in total. The van der Waals surface area contributed by atoms with Crippen molar-refractivity contribution in [1.82, 2.24) is 0 Å². The topological polar surface area (TPSA) is 113 Å². The standard InChI is InChI=1S/C2H7O7P2/c3-1-2-8-10(4)9-11(5,6)7/h3H,1-2H2,(H2,5,6,7). The molecule has 0 aliphatic carbocycles. The summed E-state index contributed by atoms with van der Waals surface area (Å²) in [6.45, 7) is -0.694. The van der Waals surface area contributed by atoms with Gasteiger partial charge in [-0.1, -0.05) is 0 Å². The van der Waals surface area contributed by atoms with Crippen molar-refractivity contribution in [3.8, 4) is 0 Å². The van der Waals surface area contributed by atoms with Crippen LogP contribution < -0.4 is 0 Å². The van der Waals surface area contributed by atoms with E-state index in [1.807, 2.05) is 0 Å². The minimum Gasteiger partial charge on any atom is -0.394 e. The molecule has 0 aromatic heterocycles. The van der Waals surface area contributed by atoms with Crippen LogP contribution in [0.1, 0.15) is 0 Å². The summed E-state index contributed by atoms with van der Waals surface area (Å²) >= 11 is 0. The molecule has 67 valence electrons. The van der Waals surface area contributed by atoms with Crippen molar-refractivity contribution in [3.63, 3.8) is 0 Å². The Kier molecular flexibility index (Phi) is 4.96. The third-order valence-corrected chi connectivity index (χ3v) is 2.24. The van der Waals surface area contributed by atoms with Crippen molar-refractivity contribution in [2.75, 3.05) is 13.2 Å². The molecule has 1 radical (unpaired) electrons. The van der Waals surface area contributed by atoms with Gasteiger partial charge in [0.05, 0.1) is 13.2 Å². The first kappa shape index (κ1) is 11.1. The summed E-state index contributed by atoms with van der Waals surface area (Å²) in [4.78, 5) is 16.1. The average molecular weight is 205 g/mol. The van der Waals surface area contributed by atoms with Crippen LogP contribution in [0.2, 0.25) is 0 Å². The zero-order chi connectivity index (χ0) is 8.91. The molecule has 0 aliphatic heterocycles. The van der Waals surface area contributed by atoms with Crippen molar-refractivity contribution in [2.24, 2.45) is 0 Å². The summed E-state index contributed by atoms with van der Waals surface area (Å²) in [6, 6.07) is 0. The smallest absolute Gasteiger partial charge is 0.394 e. The van der Waals surface area contributed by atoms with Gasteiger partial charge in [-0.2, -0.15) is 4.31 Å². The second-order valence-corrected chi connectivity index (χ2v) is 3.69. The maximum absolute atomic E-state index is 10.3. The first-order chi connectivity index (χ1) is 4.95. The van der Waals surface area contributed by atoms with Crippen molar-refractivity contribution < 1.29 is 32.9 Å². The largest absolute Gasteiger partial charge is 0.481 e. The molecule has 0 saturated carbocycles. The minimum atomic E-state index is -4.75. The SMILES string of the molecule is O=[P](OCCO)OP(=O)(O)O. The molecule has 0 spiro atoms. The number of phosphoric acid groups is 1. The predicted molar refractivity (Wildman–Crippen MR) is 33.8 cm³/mol. The number of rotatable bonds is 5. The Labute approximate surface area is 63.1 Å². The fraction of sp³-hybridized carbons (Fsp3) is 1.00. The van der Waals surface area contributed by atoms with E-state index in [1.54, 1.807) is 0 Å². The van der Waals surface area contributed by atoms with Crippen LogP contribution in [0, 0.1) is 0 Å².